The van der Waals surface area contributed by atoms with Gasteiger partial charge in [-0.3, -0.25) is 4.40 Å². The second kappa shape index (κ2) is 6.32. The minimum Gasteiger partial charge on any atom is -0.410 e. The molecule has 136 valence electrons. The number of hydrogen-bond acceptors (Lipinski definition) is 4. The van der Waals surface area contributed by atoms with Gasteiger partial charge in [-0.2, -0.15) is 0 Å². The van der Waals surface area contributed by atoms with Crippen molar-refractivity contribution in [2.75, 3.05) is 19.8 Å². The zero-order valence-corrected chi connectivity index (χ0v) is 15.4. The van der Waals surface area contributed by atoms with Gasteiger partial charge in [0.05, 0.1) is 0 Å². The Bertz CT molecular complexity index is 1180. The maximum atomic E-state index is 11.9. The lowest BCUT2D eigenvalue weighted by atomic mass is 10.1. The van der Waals surface area contributed by atoms with Crippen molar-refractivity contribution >= 4 is 28.3 Å². The first-order valence-corrected chi connectivity index (χ1v) is 8.61. The maximum Gasteiger partial charge on any atom is 0.414 e. The number of nitrogens with two attached hydrogens (primary N) is 1. The highest BCUT2D eigenvalue weighted by Crippen LogP contribution is 2.32. The first-order chi connectivity index (χ1) is 13.0. The van der Waals surface area contributed by atoms with Gasteiger partial charge in [-0.25, -0.2) is 9.78 Å². The molecule has 2 aromatic carbocycles. The second-order valence-corrected chi connectivity index (χ2v) is 6.68. The van der Waals surface area contributed by atoms with Crippen molar-refractivity contribution in [3.63, 3.8) is 0 Å². The van der Waals surface area contributed by atoms with E-state index in [4.69, 9.17) is 15.5 Å². The Labute approximate surface area is 156 Å². The Balaban J connectivity index is 1.91. The fraction of sp³-hybridized carbons (Fsp3) is 0.143. The van der Waals surface area contributed by atoms with E-state index >= 15 is 0 Å². The van der Waals surface area contributed by atoms with Crippen molar-refractivity contribution in [2.45, 2.75) is 6.92 Å². The van der Waals surface area contributed by atoms with Crippen LogP contribution in [0.25, 0.3) is 27.7 Å². The van der Waals surface area contributed by atoms with Gasteiger partial charge in [0.2, 0.25) is 0 Å². The van der Waals surface area contributed by atoms with E-state index in [1.54, 1.807) is 20.2 Å². The summed E-state index contributed by atoms with van der Waals surface area (Å²) in [6, 6.07) is 15.5. The molecule has 0 aliphatic carbocycles. The number of rotatable bonds is 2. The summed E-state index contributed by atoms with van der Waals surface area (Å²) in [5, 5.41) is 1.86. The lowest BCUT2D eigenvalue weighted by Gasteiger charge is -2.11. The third kappa shape index (κ3) is 2.85. The SMILES string of the molecule is Cc1ccccc1-c1nc2c3cc(OC(=O)N(C)C)ccc3ccn2c1N. The molecular weight excluding hydrogens is 340 g/mol. The number of fused-ring (bicyclic) bond motifs is 3. The highest BCUT2D eigenvalue weighted by Gasteiger charge is 2.16. The number of carbonyl (C=O) groups excluding carboxylic acids is 1. The third-order valence-electron chi connectivity index (χ3n) is 4.59. The van der Waals surface area contributed by atoms with E-state index in [9.17, 15) is 4.79 Å². The molecular formula is C21H20N4O2. The van der Waals surface area contributed by atoms with Crippen LogP contribution in [-0.4, -0.2) is 34.5 Å². The zero-order valence-electron chi connectivity index (χ0n) is 15.4. The van der Waals surface area contributed by atoms with Gasteiger partial charge in [-0.1, -0.05) is 30.3 Å². The summed E-state index contributed by atoms with van der Waals surface area (Å²) < 4.78 is 7.26. The van der Waals surface area contributed by atoms with Crippen molar-refractivity contribution in [1.29, 1.82) is 0 Å². The molecule has 27 heavy (non-hydrogen) atoms. The van der Waals surface area contributed by atoms with Gasteiger partial charge in [-0.15, -0.1) is 0 Å². The van der Waals surface area contributed by atoms with Gasteiger partial charge in [0.25, 0.3) is 0 Å². The zero-order chi connectivity index (χ0) is 19.1. The number of aryl methyl sites for hydroxylation is 1. The van der Waals surface area contributed by atoms with E-state index in [0.717, 1.165) is 33.2 Å². The monoisotopic (exact) mass is 360 g/mol. The van der Waals surface area contributed by atoms with Crippen LogP contribution >= 0.6 is 0 Å². The van der Waals surface area contributed by atoms with Crippen molar-refractivity contribution in [3.8, 4) is 17.0 Å². The molecule has 6 heteroatoms. The average molecular weight is 360 g/mol. The van der Waals surface area contributed by atoms with E-state index in [1.807, 2.05) is 60.0 Å². The molecule has 0 aliphatic rings. The summed E-state index contributed by atoms with van der Waals surface area (Å²) >= 11 is 0. The summed E-state index contributed by atoms with van der Waals surface area (Å²) in [4.78, 5) is 18.1. The van der Waals surface area contributed by atoms with Crippen molar-refractivity contribution in [3.05, 3.63) is 60.3 Å². The molecule has 0 radical (unpaired) electrons. The molecule has 0 bridgehead atoms. The minimum absolute atomic E-state index is 0.426. The van der Waals surface area contributed by atoms with Gasteiger partial charge >= 0.3 is 6.09 Å². The number of nitrogens with zero attached hydrogens (tertiary/aromatic N) is 3. The molecule has 4 rings (SSSR count). The number of ether oxygens (including phenoxy) is 1. The molecule has 2 aromatic heterocycles. The summed E-state index contributed by atoms with van der Waals surface area (Å²) in [5.41, 5.74) is 9.98. The topological polar surface area (TPSA) is 72.9 Å². The van der Waals surface area contributed by atoms with E-state index in [2.05, 4.69) is 0 Å². The van der Waals surface area contributed by atoms with Crippen molar-refractivity contribution in [1.82, 2.24) is 14.3 Å². The predicted molar refractivity (Wildman–Crippen MR) is 107 cm³/mol. The van der Waals surface area contributed by atoms with Crippen LogP contribution in [0.15, 0.2) is 54.7 Å². The Hall–Kier alpha value is -3.54. The molecule has 0 unspecified atom stereocenters. The molecule has 0 spiro atoms. The number of carbonyl (C=O) groups is 1. The van der Waals surface area contributed by atoms with Crippen LogP contribution < -0.4 is 10.5 Å². The largest absolute Gasteiger partial charge is 0.414 e. The number of aromatic nitrogens is 2. The highest BCUT2D eigenvalue weighted by molar-refractivity contribution is 5.97. The smallest absolute Gasteiger partial charge is 0.410 e. The lowest BCUT2D eigenvalue weighted by Crippen LogP contribution is -2.25. The van der Waals surface area contributed by atoms with Crippen LogP contribution in [-0.2, 0) is 0 Å². The summed E-state index contributed by atoms with van der Waals surface area (Å²) in [6.45, 7) is 2.04. The molecule has 0 aliphatic heterocycles. The summed E-state index contributed by atoms with van der Waals surface area (Å²) in [5.74, 6) is 1.05. The Morgan fingerprint density at radius 1 is 1.15 bits per heavy atom. The molecule has 0 atom stereocenters. The van der Waals surface area contributed by atoms with Crippen LogP contribution in [0.2, 0.25) is 0 Å². The van der Waals surface area contributed by atoms with Gasteiger partial charge in [0.1, 0.15) is 22.9 Å². The first kappa shape index (κ1) is 16.9. The van der Waals surface area contributed by atoms with Gasteiger partial charge < -0.3 is 15.4 Å². The number of pyridine rings is 1. The van der Waals surface area contributed by atoms with Gasteiger partial charge in [-0.05, 0) is 36.1 Å². The van der Waals surface area contributed by atoms with Crippen LogP contribution in [0.5, 0.6) is 5.75 Å². The number of amides is 1. The Morgan fingerprint density at radius 3 is 2.67 bits per heavy atom. The molecule has 0 saturated carbocycles. The Kier molecular flexibility index (Phi) is 3.96. The number of hydrogen-bond donors (Lipinski definition) is 1. The second-order valence-electron chi connectivity index (χ2n) is 6.68. The van der Waals surface area contributed by atoms with Crippen molar-refractivity contribution < 1.29 is 9.53 Å². The number of nitrogen functional groups attached to an aromatic ring is 1. The van der Waals surface area contributed by atoms with Crippen LogP contribution in [0.1, 0.15) is 5.56 Å². The fourth-order valence-corrected chi connectivity index (χ4v) is 3.11. The number of anilines is 1. The van der Waals surface area contributed by atoms with Crippen LogP contribution in [0.3, 0.4) is 0 Å². The van der Waals surface area contributed by atoms with E-state index < -0.39 is 6.09 Å². The molecule has 6 nitrogen and oxygen atoms in total. The molecule has 2 heterocycles. The highest BCUT2D eigenvalue weighted by atomic mass is 16.6. The quantitative estimate of drug-likeness (QED) is 0.584. The average Bonchev–Trinajstić information content (AvgIpc) is 2.99. The van der Waals surface area contributed by atoms with Crippen LogP contribution in [0.4, 0.5) is 10.6 Å². The van der Waals surface area contributed by atoms with Gasteiger partial charge in [0.15, 0.2) is 0 Å². The lowest BCUT2D eigenvalue weighted by molar-refractivity contribution is 0.172. The summed E-state index contributed by atoms with van der Waals surface area (Å²) in [7, 11) is 3.29. The van der Waals surface area contributed by atoms with E-state index in [-0.39, 0.29) is 0 Å². The summed E-state index contributed by atoms with van der Waals surface area (Å²) in [6.07, 6.45) is 1.48. The van der Waals surface area contributed by atoms with Gasteiger partial charge in [0, 0.05) is 31.2 Å². The van der Waals surface area contributed by atoms with Crippen LogP contribution in [0, 0.1) is 6.92 Å². The predicted octanol–water partition coefficient (Wildman–Crippen LogP) is 4.11. The molecule has 1 amide bonds. The van der Waals surface area contributed by atoms with E-state index in [1.165, 1.54) is 4.90 Å². The first-order valence-electron chi connectivity index (χ1n) is 8.61. The molecule has 4 aromatic rings. The fourth-order valence-electron chi connectivity index (χ4n) is 3.11. The molecule has 0 fully saturated rings. The normalized spacial score (nSPS) is 11.1. The standard InChI is InChI=1S/C21H20N4O2/c1-13-6-4-5-7-16(13)18-19(22)25-11-10-14-8-9-15(27-21(26)24(2)3)12-17(14)20(25)23-18/h4-12H,22H2,1-3H3. The Morgan fingerprint density at radius 2 is 1.93 bits per heavy atom. The molecule has 0 saturated heterocycles. The number of benzene rings is 2. The maximum absolute atomic E-state index is 11.9. The third-order valence-corrected chi connectivity index (χ3v) is 4.59. The molecule has 2 N–H and O–H groups in total. The number of imidazole rings is 1. The van der Waals surface area contributed by atoms with E-state index in [0.29, 0.717) is 11.6 Å². The van der Waals surface area contributed by atoms with Crippen molar-refractivity contribution in [2.24, 2.45) is 0 Å². The minimum atomic E-state index is -0.426.